The van der Waals surface area contributed by atoms with E-state index in [1.54, 1.807) is 12.1 Å². The molecule has 3 atom stereocenters. The van der Waals surface area contributed by atoms with Crippen molar-refractivity contribution in [2.24, 2.45) is 5.92 Å². The van der Waals surface area contributed by atoms with Crippen molar-refractivity contribution in [1.29, 1.82) is 0 Å². The molecule has 1 fully saturated rings. The van der Waals surface area contributed by atoms with Crippen LogP contribution in [0.3, 0.4) is 0 Å². The molecular formula is C15H20F3NO. The zero-order chi connectivity index (χ0) is 14.8. The maximum absolute atomic E-state index is 13.2. The summed E-state index contributed by atoms with van der Waals surface area (Å²) in [5.74, 6) is 0.0773. The zero-order valence-electron chi connectivity index (χ0n) is 11.7. The van der Waals surface area contributed by atoms with Crippen molar-refractivity contribution in [3.63, 3.8) is 0 Å². The summed E-state index contributed by atoms with van der Waals surface area (Å²) in [6, 6.07) is 5.50. The van der Waals surface area contributed by atoms with Gasteiger partial charge in [-0.25, -0.2) is 0 Å². The quantitative estimate of drug-likeness (QED) is 0.910. The SMILES string of the molecule is CCNC(c1ccccc1C(F)(F)F)C1COC(C)C1. The Kier molecular flexibility index (Phi) is 4.70. The van der Waals surface area contributed by atoms with Crippen molar-refractivity contribution >= 4 is 0 Å². The second-order valence-corrected chi connectivity index (χ2v) is 5.26. The number of nitrogens with one attached hydrogen (secondary N) is 1. The Bertz CT molecular complexity index is 447. The molecule has 0 saturated carbocycles. The Balaban J connectivity index is 2.34. The zero-order valence-corrected chi connectivity index (χ0v) is 11.7. The second-order valence-electron chi connectivity index (χ2n) is 5.26. The van der Waals surface area contributed by atoms with Crippen LogP contribution >= 0.6 is 0 Å². The van der Waals surface area contributed by atoms with Gasteiger partial charge in [-0.2, -0.15) is 13.2 Å². The van der Waals surface area contributed by atoms with Gasteiger partial charge in [-0.3, -0.25) is 0 Å². The molecule has 1 aromatic carbocycles. The summed E-state index contributed by atoms with van der Waals surface area (Å²) >= 11 is 0. The monoisotopic (exact) mass is 287 g/mol. The van der Waals surface area contributed by atoms with E-state index in [9.17, 15) is 13.2 Å². The van der Waals surface area contributed by atoms with Crippen LogP contribution in [0.15, 0.2) is 24.3 Å². The van der Waals surface area contributed by atoms with Gasteiger partial charge in [-0.15, -0.1) is 0 Å². The summed E-state index contributed by atoms with van der Waals surface area (Å²) in [4.78, 5) is 0. The molecule has 1 saturated heterocycles. The highest BCUT2D eigenvalue weighted by molar-refractivity contribution is 5.33. The van der Waals surface area contributed by atoms with Crippen LogP contribution in [-0.4, -0.2) is 19.3 Å². The van der Waals surface area contributed by atoms with Crippen molar-refractivity contribution in [2.75, 3.05) is 13.2 Å². The number of ether oxygens (including phenoxy) is 1. The van der Waals surface area contributed by atoms with Crippen LogP contribution in [0.4, 0.5) is 13.2 Å². The second kappa shape index (κ2) is 6.14. The average Bonchev–Trinajstić information content (AvgIpc) is 2.81. The van der Waals surface area contributed by atoms with E-state index in [4.69, 9.17) is 4.74 Å². The minimum atomic E-state index is -4.32. The van der Waals surface area contributed by atoms with E-state index in [1.807, 2.05) is 13.8 Å². The van der Waals surface area contributed by atoms with Crippen molar-refractivity contribution in [3.8, 4) is 0 Å². The fraction of sp³-hybridized carbons (Fsp3) is 0.600. The molecule has 2 nitrogen and oxygen atoms in total. The lowest BCUT2D eigenvalue weighted by atomic mass is 9.88. The molecule has 0 spiro atoms. The molecule has 0 bridgehead atoms. The summed E-state index contributed by atoms with van der Waals surface area (Å²) in [5, 5.41) is 3.19. The largest absolute Gasteiger partial charge is 0.416 e. The molecule has 1 aliphatic rings. The first-order chi connectivity index (χ1) is 9.43. The van der Waals surface area contributed by atoms with Crippen LogP contribution in [0.25, 0.3) is 0 Å². The lowest BCUT2D eigenvalue weighted by Crippen LogP contribution is -2.30. The molecule has 3 unspecified atom stereocenters. The number of benzene rings is 1. The van der Waals surface area contributed by atoms with E-state index in [0.717, 1.165) is 12.5 Å². The summed E-state index contributed by atoms with van der Waals surface area (Å²) in [5.41, 5.74) is -0.227. The highest BCUT2D eigenvalue weighted by atomic mass is 19.4. The first-order valence-electron chi connectivity index (χ1n) is 6.94. The average molecular weight is 287 g/mol. The normalized spacial score (nSPS) is 24.9. The van der Waals surface area contributed by atoms with Gasteiger partial charge in [-0.1, -0.05) is 25.1 Å². The van der Waals surface area contributed by atoms with Crippen LogP contribution in [0.1, 0.15) is 37.4 Å². The van der Waals surface area contributed by atoms with Crippen molar-refractivity contribution < 1.29 is 17.9 Å². The Morgan fingerprint density at radius 2 is 2.05 bits per heavy atom. The third-order valence-corrected chi connectivity index (χ3v) is 3.73. The lowest BCUT2D eigenvalue weighted by molar-refractivity contribution is -0.138. The Labute approximate surface area is 117 Å². The van der Waals surface area contributed by atoms with Gasteiger partial charge in [0.15, 0.2) is 0 Å². The van der Waals surface area contributed by atoms with Crippen LogP contribution in [0.5, 0.6) is 0 Å². The Hall–Kier alpha value is -1.07. The molecule has 2 rings (SSSR count). The fourth-order valence-corrected chi connectivity index (χ4v) is 2.86. The molecule has 1 aliphatic heterocycles. The molecule has 5 heteroatoms. The van der Waals surface area contributed by atoms with Gasteiger partial charge in [-0.05, 0) is 31.5 Å². The smallest absolute Gasteiger partial charge is 0.378 e. The number of hydrogen-bond donors (Lipinski definition) is 1. The van der Waals surface area contributed by atoms with E-state index in [1.165, 1.54) is 6.07 Å². The Morgan fingerprint density at radius 1 is 1.35 bits per heavy atom. The van der Waals surface area contributed by atoms with Crippen molar-refractivity contribution in [2.45, 2.75) is 38.6 Å². The predicted molar refractivity (Wildman–Crippen MR) is 71.4 cm³/mol. The molecular weight excluding hydrogens is 267 g/mol. The maximum atomic E-state index is 13.2. The predicted octanol–water partition coefficient (Wildman–Crippen LogP) is 3.78. The first-order valence-corrected chi connectivity index (χ1v) is 6.94. The van der Waals surface area contributed by atoms with Gasteiger partial charge >= 0.3 is 6.18 Å². The highest BCUT2D eigenvalue weighted by Gasteiger charge is 2.38. The van der Waals surface area contributed by atoms with E-state index >= 15 is 0 Å². The van der Waals surface area contributed by atoms with E-state index in [2.05, 4.69) is 5.32 Å². The summed E-state index contributed by atoms with van der Waals surface area (Å²) in [7, 11) is 0. The number of alkyl halides is 3. The van der Waals surface area contributed by atoms with Crippen molar-refractivity contribution in [3.05, 3.63) is 35.4 Å². The molecule has 20 heavy (non-hydrogen) atoms. The van der Waals surface area contributed by atoms with Crippen LogP contribution < -0.4 is 5.32 Å². The van der Waals surface area contributed by atoms with Gasteiger partial charge in [0.2, 0.25) is 0 Å². The Morgan fingerprint density at radius 3 is 2.60 bits per heavy atom. The van der Waals surface area contributed by atoms with E-state index in [0.29, 0.717) is 18.7 Å². The van der Waals surface area contributed by atoms with Crippen LogP contribution in [0, 0.1) is 5.92 Å². The standard InChI is InChI=1S/C15H20F3NO/c1-3-19-14(11-8-10(2)20-9-11)12-6-4-5-7-13(12)15(16,17)18/h4-7,10-11,14,19H,3,8-9H2,1-2H3. The van der Waals surface area contributed by atoms with Gasteiger partial charge in [0.25, 0.3) is 0 Å². The van der Waals surface area contributed by atoms with Gasteiger partial charge in [0.05, 0.1) is 18.3 Å². The van der Waals surface area contributed by atoms with Gasteiger partial charge < -0.3 is 10.1 Å². The summed E-state index contributed by atoms with van der Waals surface area (Å²) < 4.78 is 45.0. The molecule has 112 valence electrons. The minimum absolute atomic E-state index is 0.0773. The molecule has 0 aromatic heterocycles. The molecule has 1 aromatic rings. The van der Waals surface area contributed by atoms with Gasteiger partial charge in [0.1, 0.15) is 0 Å². The number of halogens is 3. The van der Waals surface area contributed by atoms with Crippen LogP contribution in [0.2, 0.25) is 0 Å². The fourth-order valence-electron chi connectivity index (χ4n) is 2.86. The molecule has 0 aliphatic carbocycles. The maximum Gasteiger partial charge on any atom is 0.416 e. The molecule has 1 heterocycles. The minimum Gasteiger partial charge on any atom is -0.378 e. The highest BCUT2D eigenvalue weighted by Crippen LogP contribution is 2.39. The molecule has 0 amide bonds. The van der Waals surface area contributed by atoms with E-state index < -0.39 is 11.7 Å². The molecule has 1 N–H and O–H groups in total. The third kappa shape index (κ3) is 3.33. The van der Waals surface area contributed by atoms with Crippen LogP contribution in [-0.2, 0) is 10.9 Å². The summed E-state index contributed by atoms with van der Waals surface area (Å²) in [6.45, 7) is 4.99. The van der Waals surface area contributed by atoms with Gasteiger partial charge in [0, 0.05) is 12.0 Å². The summed E-state index contributed by atoms with van der Waals surface area (Å²) in [6.07, 6.45) is -3.43. The molecule has 0 radical (unpaired) electrons. The first kappa shape index (κ1) is 15.3. The topological polar surface area (TPSA) is 21.3 Å². The van der Waals surface area contributed by atoms with Crippen molar-refractivity contribution in [1.82, 2.24) is 5.32 Å². The number of rotatable bonds is 4. The number of hydrogen-bond acceptors (Lipinski definition) is 2. The van der Waals surface area contributed by atoms with E-state index in [-0.39, 0.29) is 18.1 Å². The third-order valence-electron chi connectivity index (χ3n) is 3.73. The lowest BCUT2D eigenvalue weighted by Gasteiger charge is -2.26.